The van der Waals surface area contributed by atoms with Crippen molar-refractivity contribution in [3.05, 3.63) is 0 Å². The maximum atomic E-state index is 12.5. The van der Waals surface area contributed by atoms with Gasteiger partial charge in [0.25, 0.3) is 0 Å². The number of amides is 2. The van der Waals surface area contributed by atoms with Crippen molar-refractivity contribution in [2.45, 2.75) is 24.9 Å². The number of nitrogens with zero attached hydrogens (tertiary/aromatic N) is 1. The van der Waals surface area contributed by atoms with Gasteiger partial charge >= 0.3 is 0 Å². The molecule has 2 aliphatic heterocycles. The van der Waals surface area contributed by atoms with E-state index in [1.54, 1.807) is 0 Å². The maximum absolute atomic E-state index is 12.5. The summed E-state index contributed by atoms with van der Waals surface area (Å²) in [6.07, 6.45) is 1.58. The first-order valence-electron chi connectivity index (χ1n) is 7.47. The zero-order valence-corrected chi connectivity index (χ0v) is 12.8. The van der Waals surface area contributed by atoms with Gasteiger partial charge < -0.3 is 25.0 Å². The van der Waals surface area contributed by atoms with Crippen LogP contribution in [0.4, 0.5) is 0 Å². The van der Waals surface area contributed by atoms with Crippen molar-refractivity contribution in [3.8, 4) is 0 Å². The van der Waals surface area contributed by atoms with Crippen molar-refractivity contribution in [1.29, 1.82) is 0 Å². The van der Waals surface area contributed by atoms with Crippen LogP contribution in [-0.2, 0) is 19.1 Å². The first-order chi connectivity index (χ1) is 10.2. The number of nitrogens with one attached hydrogen (secondary N) is 2. The monoisotopic (exact) mass is 299 g/mol. The molecule has 0 spiro atoms. The summed E-state index contributed by atoms with van der Waals surface area (Å²) in [6.45, 7) is 2.54. The maximum Gasteiger partial charge on any atom is 0.246 e. The van der Waals surface area contributed by atoms with Gasteiger partial charge in [0.2, 0.25) is 11.8 Å². The van der Waals surface area contributed by atoms with Gasteiger partial charge in [-0.1, -0.05) is 0 Å². The number of hydrogen-bond donors (Lipinski definition) is 2. The zero-order valence-electron chi connectivity index (χ0n) is 12.8. The van der Waals surface area contributed by atoms with Gasteiger partial charge in [0.05, 0.1) is 19.1 Å². The van der Waals surface area contributed by atoms with E-state index < -0.39 is 0 Å². The molecule has 0 aliphatic carbocycles. The topological polar surface area (TPSA) is 79.9 Å². The zero-order chi connectivity index (χ0) is 15.2. The third-order valence-corrected chi connectivity index (χ3v) is 4.22. The van der Waals surface area contributed by atoms with Gasteiger partial charge in [0.15, 0.2) is 0 Å². The summed E-state index contributed by atoms with van der Waals surface area (Å²) in [4.78, 5) is 25.9. The molecule has 0 aromatic rings. The van der Waals surface area contributed by atoms with E-state index in [2.05, 4.69) is 10.6 Å². The van der Waals surface area contributed by atoms with Crippen molar-refractivity contribution < 1.29 is 19.1 Å². The van der Waals surface area contributed by atoms with Crippen LogP contribution in [0.15, 0.2) is 0 Å². The Bertz CT molecular complexity index is 369. The van der Waals surface area contributed by atoms with E-state index >= 15 is 0 Å². The van der Waals surface area contributed by atoms with Gasteiger partial charge in [-0.3, -0.25) is 9.59 Å². The molecule has 2 fully saturated rings. The van der Waals surface area contributed by atoms with Gasteiger partial charge in [-0.2, -0.15) is 0 Å². The highest BCUT2D eigenvalue weighted by atomic mass is 16.5. The highest BCUT2D eigenvalue weighted by Gasteiger charge is 2.36. The Morgan fingerprint density at radius 3 is 2.62 bits per heavy atom. The molecular weight excluding hydrogens is 274 g/mol. The Balaban J connectivity index is 1.78. The van der Waals surface area contributed by atoms with Crippen molar-refractivity contribution in [1.82, 2.24) is 15.5 Å². The highest BCUT2D eigenvalue weighted by molar-refractivity contribution is 5.80. The van der Waals surface area contributed by atoms with E-state index in [-0.39, 0.29) is 36.4 Å². The van der Waals surface area contributed by atoms with Gasteiger partial charge in [-0.05, 0) is 19.9 Å². The van der Waals surface area contributed by atoms with Crippen molar-refractivity contribution >= 4 is 11.8 Å². The van der Waals surface area contributed by atoms with Crippen LogP contribution in [0.1, 0.15) is 12.8 Å². The summed E-state index contributed by atoms with van der Waals surface area (Å²) >= 11 is 0. The Morgan fingerprint density at radius 2 is 2.00 bits per heavy atom. The molecular formula is C14H25N3O4. The first kappa shape index (κ1) is 16.2. The minimum Gasteiger partial charge on any atom is -0.379 e. The quantitative estimate of drug-likeness (QED) is 0.679. The van der Waals surface area contributed by atoms with E-state index in [0.717, 1.165) is 12.8 Å². The lowest BCUT2D eigenvalue weighted by atomic mass is 9.99. The molecule has 0 radical (unpaired) electrons. The molecule has 7 nitrogen and oxygen atoms in total. The molecule has 0 aromatic heterocycles. The molecule has 2 aliphatic rings. The summed E-state index contributed by atoms with van der Waals surface area (Å²) in [7, 11) is 3.36. The van der Waals surface area contributed by atoms with Gasteiger partial charge in [-0.15, -0.1) is 0 Å². The van der Waals surface area contributed by atoms with E-state index in [9.17, 15) is 9.59 Å². The standard InChI is InChI=1S/C14H25N3O4/c1-15-12-8-21-7-11(12)14(19)17-5-3-10(4-6-17)16-13(18)9-20-2/h10-12,15H,3-9H2,1-2H3,(H,16,18). The Labute approximate surface area is 125 Å². The smallest absolute Gasteiger partial charge is 0.246 e. The van der Waals surface area contributed by atoms with Crippen LogP contribution in [0, 0.1) is 5.92 Å². The summed E-state index contributed by atoms with van der Waals surface area (Å²) in [5, 5.41) is 6.07. The molecule has 2 unspecified atom stereocenters. The third-order valence-electron chi connectivity index (χ3n) is 4.22. The predicted molar refractivity (Wildman–Crippen MR) is 76.8 cm³/mol. The second kappa shape index (κ2) is 7.72. The number of carbonyl (C=O) groups excluding carboxylic acids is 2. The lowest BCUT2D eigenvalue weighted by Crippen LogP contribution is -2.51. The van der Waals surface area contributed by atoms with E-state index in [0.29, 0.717) is 26.3 Å². The van der Waals surface area contributed by atoms with Crippen LogP contribution < -0.4 is 10.6 Å². The molecule has 2 heterocycles. The van der Waals surface area contributed by atoms with Crippen LogP contribution in [0.2, 0.25) is 0 Å². The molecule has 0 bridgehead atoms. The van der Waals surface area contributed by atoms with E-state index in [1.807, 2.05) is 11.9 Å². The normalized spacial score (nSPS) is 26.9. The average Bonchev–Trinajstić information content (AvgIpc) is 2.96. The fourth-order valence-corrected chi connectivity index (χ4v) is 2.96. The fraction of sp³-hybridized carbons (Fsp3) is 0.857. The Kier molecular flexibility index (Phi) is 5.96. The van der Waals surface area contributed by atoms with Crippen LogP contribution in [-0.4, -0.2) is 75.9 Å². The lowest BCUT2D eigenvalue weighted by molar-refractivity contribution is -0.137. The number of piperidine rings is 1. The molecule has 2 amide bonds. The summed E-state index contributed by atoms with van der Waals surface area (Å²) in [5.74, 6) is -0.0233. The molecule has 0 saturated carbocycles. The number of methoxy groups -OCH3 is 1. The molecule has 21 heavy (non-hydrogen) atoms. The SMILES string of the molecule is CNC1COCC1C(=O)N1CCC(NC(=O)COC)CC1. The van der Waals surface area contributed by atoms with Crippen molar-refractivity contribution in [3.63, 3.8) is 0 Å². The van der Waals surface area contributed by atoms with Gasteiger partial charge in [0.1, 0.15) is 6.61 Å². The number of likely N-dealkylation sites (tertiary alicyclic amines) is 1. The average molecular weight is 299 g/mol. The number of carbonyl (C=O) groups is 2. The highest BCUT2D eigenvalue weighted by Crippen LogP contribution is 2.19. The van der Waals surface area contributed by atoms with Crippen molar-refractivity contribution in [2.24, 2.45) is 5.92 Å². The molecule has 2 N–H and O–H groups in total. The molecule has 2 rings (SSSR count). The number of likely N-dealkylation sites (N-methyl/N-ethyl adjacent to an activating group) is 1. The molecule has 2 saturated heterocycles. The van der Waals surface area contributed by atoms with E-state index in [4.69, 9.17) is 9.47 Å². The third kappa shape index (κ3) is 4.15. The molecule has 120 valence electrons. The lowest BCUT2D eigenvalue weighted by Gasteiger charge is -2.34. The minimum atomic E-state index is -0.0956. The Morgan fingerprint density at radius 1 is 1.29 bits per heavy atom. The number of hydrogen-bond acceptors (Lipinski definition) is 5. The van der Waals surface area contributed by atoms with Crippen LogP contribution in [0.5, 0.6) is 0 Å². The van der Waals surface area contributed by atoms with Crippen molar-refractivity contribution in [2.75, 3.05) is 47.1 Å². The molecule has 2 atom stereocenters. The molecule has 7 heteroatoms. The number of ether oxygens (including phenoxy) is 2. The molecule has 0 aromatic carbocycles. The van der Waals surface area contributed by atoms with E-state index in [1.165, 1.54) is 7.11 Å². The largest absolute Gasteiger partial charge is 0.379 e. The van der Waals surface area contributed by atoms with Crippen LogP contribution >= 0.6 is 0 Å². The van der Waals surface area contributed by atoms with Crippen LogP contribution in [0.25, 0.3) is 0 Å². The second-order valence-electron chi connectivity index (χ2n) is 5.64. The summed E-state index contributed by atoms with van der Waals surface area (Å²) in [6, 6.07) is 0.244. The van der Waals surface area contributed by atoms with Crippen LogP contribution in [0.3, 0.4) is 0 Å². The second-order valence-corrected chi connectivity index (χ2v) is 5.64. The summed E-state index contributed by atoms with van der Waals surface area (Å²) in [5.41, 5.74) is 0. The fourth-order valence-electron chi connectivity index (χ4n) is 2.96. The Hall–Kier alpha value is -1.18. The summed E-state index contributed by atoms with van der Waals surface area (Å²) < 4.78 is 10.2. The van der Waals surface area contributed by atoms with Gasteiger partial charge in [-0.25, -0.2) is 0 Å². The predicted octanol–water partition coefficient (Wildman–Crippen LogP) is -1.03. The minimum absolute atomic E-state index is 0.0857. The first-order valence-corrected chi connectivity index (χ1v) is 7.47. The van der Waals surface area contributed by atoms with Gasteiger partial charge in [0, 0.05) is 32.3 Å². The number of rotatable bonds is 5.